The number of aryl methyl sites for hydroxylation is 1. The topological polar surface area (TPSA) is 58.7 Å². The Bertz CT molecular complexity index is 1250. The Kier molecular flexibility index (Phi) is 5.17. The van der Waals surface area contributed by atoms with Crippen LogP contribution in [0.5, 0.6) is 0 Å². The number of rotatable bonds is 4. The van der Waals surface area contributed by atoms with Gasteiger partial charge in [0.15, 0.2) is 0 Å². The van der Waals surface area contributed by atoms with Gasteiger partial charge in [-0.1, -0.05) is 6.07 Å². The minimum atomic E-state index is 0.0781. The summed E-state index contributed by atoms with van der Waals surface area (Å²) in [6.07, 6.45) is 7.71. The van der Waals surface area contributed by atoms with Crippen molar-refractivity contribution in [2.45, 2.75) is 26.8 Å². The molecule has 7 nitrogen and oxygen atoms in total. The highest BCUT2D eigenvalue weighted by Crippen LogP contribution is 2.28. The largest absolute Gasteiger partial charge is 0.368 e. The normalized spacial score (nSPS) is 14.5. The smallest absolute Gasteiger partial charge is 0.256 e. The number of hydrogen-bond acceptors (Lipinski definition) is 4. The number of anilines is 1. The second-order valence-corrected chi connectivity index (χ2v) is 8.56. The number of fused-ring (bicyclic) bond motifs is 1. The lowest BCUT2D eigenvalue weighted by Gasteiger charge is -2.36. The third-order valence-corrected chi connectivity index (χ3v) is 6.24. The molecule has 0 aromatic carbocycles. The van der Waals surface area contributed by atoms with E-state index in [4.69, 9.17) is 4.98 Å². The molecule has 5 heterocycles. The van der Waals surface area contributed by atoms with Gasteiger partial charge in [0.05, 0.1) is 16.8 Å². The molecule has 4 aromatic rings. The first-order valence-corrected chi connectivity index (χ1v) is 11.1. The minimum absolute atomic E-state index is 0.0781. The summed E-state index contributed by atoms with van der Waals surface area (Å²) >= 11 is 0. The van der Waals surface area contributed by atoms with Gasteiger partial charge in [-0.05, 0) is 51.1 Å². The molecule has 4 aromatic heterocycles. The second kappa shape index (κ2) is 8.15. The summed E-state index contributed by atoms with van der Waals surface area (Å²) in [5.41, 5.74) is 4.64. The zero-order chi connectivity index (χ0) is 22.2. The predicted molar refractivity (Wildman–Crippen MR) is 126 cm³/mol. The second-order valence-electron chi connectivity index (χ2n) is 8.56. The number of nitrogens with zero attached hydrogens (tertiary/aromatic N) is 6. The summed E-state index contributed by atoms with van der Waals surface area (Å²) in [5, 5.41) is 0. The van der Waals surface area contributed by atoms with Gasteiger partial charge in [-0.3, -0.25) is 9.78 Å². The SMILES string of the molecule is Cc1nc(-c2cc(C(=O)N3CCN(c4ccncc4)CC3)c3ccccn23)cn1C(C)C. The molecule has 0 saturated carbocycles. The van der Waals surface area contributed by atoms with Crippen LogP contribution in [0.2, 0.25) is 0 Å². The van der Waals surface area contributed by atoms with Crippen LogP contribution in [0.4, 0.5) is 5.69 Å². The maximum atomic E-state index is 13.5. The number of carbonyl (C=O) groups excluding carboxylic acids is 1. The van der Waals surface area contributed by atoms with Gasteiger partial charge >= 0.3 is 0 Å². The zero-order valence-electron chi connectivity index (χ0n) is 18.8. The molecule has 1 amide bonds. The van der Waals surface area contributed by atoms with Crippen LogP contribution in [0.25, 0.3) is 16.9 Å². The van der Waals surface area contributed by atoms with E-state index in [0.717, 1.165) is 47.1 Å². The van der Waals surface area contributed by atoms with Crippen molar-refractivity contribution < 1.29 is 4.79 Å². The number of aromatic nitrogens is 4. The van der Waals surface area contributed by atoms with Crippen molar-refractivity contribution in [1.82, 2.24) is 23.8 Å². The average molecular weight is 429 g/mol. The number of imidazole rings is 1. The molecule has 0 atom stereocenters. The van der Waals surface area contributed by atoms with Crippen LogP contribution in [0.15, 0.2) is 61.2 Å². The van der Waals surface area contributed by atoms with Crippen molar-refractivity contribution in [3.63, 3.8) is 0 Å². The monoisotopic (exact) mass is 428 g/mol. The van der Waals surface area contributed by atoms with Gasteiger partial charge in [0.1, 0.15) is 11.5 Å². The molecule has 164 valence electrons. The fourth-order valence-corrected chi connectivity index (χ4v) is 4.55. The fraction of sp³-hybridized carbons (Fsp3) is 0.320. The van der Waals surface area contributed by atoms with E-state index < -0.39 is 0 Å². The molecule has 0 radical (unpaired) electrons. The molecule has 0 bridgehead atoms. The van der Waals surface area contributed by atoms with E-state index in [1.54, 1.807) is 0 Å². The van der Waals surface area contributed by atoms with Gasteiger partial charge in [0.25, 0.3) is 5.91 Å². The van der Waals surface area contributed by atoms with E-state index in [9.17, 15) is 4.79 Å². The molecule has 7 heteroatoms. The molecule has 1 aliphatic rings. The first kappa shape index (κ1) is 20.3. The van der Waals surface area contributed by atoms with Crippen molar-refractivity contribution in [1.29, 1.82) is 0 Å². The van der Waals surface area contributed by atoms with Crippen LogP contribution in [-0.4, -0.2) is 55.9 Å². The highest BCUT2D eigenvalue weighted by atomic mass is 16.2. The summed E-state index contributed by atoms with van der Waals surface area (Å²) in [6.45, 7) is 9.33. The van der Waals surface area contributed by atoms with Crippen LogP contribution in [0.1, 0.15) is 36.1 Å². The summed E-state index contributed by atoms with van der Waals surface area (Å²) in [6, 6.07) is 12.3. The molecular formula is C25H28N6O. The van der Waals surface area contributed by atoms with E-state index >= 15 is 0 Å². The lowest BCUT2D eigenvalue weighted by molar-refractivity contribution is 0.0749. The van der Waals surface area contributed by atoms with Crippen LogP contribution in [-0.2, 0) is 0 Å². The molecule has 0 aliphatic carbocycles. The van der Waals surface area contributed by atoms with E-state index in [2.05, 4.69) is 38.9 Å². The summed E-state index contributed by atoms with van der Waals surface area (Å²) < 4.78 is 4.24. The molecule has 0 N–H and O–H groups in total. The Morgan fingerprint density at radius 2 is 1.78 bits per heavy atom. The molecular weight excluding hydrogens is 400 g/mol. The molecule has 0 spiro atoms. The van der Waals surface area contributed by atoms with E-state index in [1.165, 1.54) is 0 Å². The van der Waals surface area contributed by atoms with E-state index in [1.807, 2.05) is 66.8 Å². The van der Waals surface area contributed by atoms with Crippen LogP contribution in [0, 0.1) is 6.92 Å². The maximum absolute atomic E-state index is 13.5. The molecule has 0 unspecified atom stereocenters. The van der Waals surface area contributed by atoms with Crippen molar-refractivity contribution in [2.24, 2.45) is 0 Å². The number of hydrogen-bond donors (Lipinski definition) is 0. The first-order valence-electron chi connectivity index (χ1n) is 11.1. The van der Waals surface area contributed by atoms with Gasteiger partial charge in [-0.15, -0.1) is 0 Å². The summed E-state index contributed by atoms with van der Waals surface area (Å²) in [7, 11) is 0. The standard InChI is InChI=1S/C25H28N6O/c1-18(2)31-17-22(27-19(31)3)24-16-21(23-6-4-5-11-30(23)24)25(32)29-14-12-28(13-15-29)20-7-9-26-10-8-20/h4-11,16-18H,12-15H2,1-3H3. The van der Waals surface area contributed by atoms with Crippen molar-refractivity contribution >= 4 is 17.1 Å². The fourth-order valence-electron chi connectivity index (χ4n) is 4.55. The molecule has 32 heavy (non-hydrogen) atoms. The molecule has 1 saturated heterocycles. The summed E-state index contributed by atoms with van der Waals surface area (Å²) in [5.74, 6) is 1.05. The maximum Gasteiger partial charge on any atom is 0.256 e. The first-order chi connectivity index (χ1) is 15.5. The Balaban J connectivity index is 1.44. The predicted octanol–water partition coefficient (Wildman–Crippen LogP) is 4.05. The summed E-state index contributed by atoms with van der Waals surface area (Å²) in [4.78, 5) is 26.7. The lowest BCUT2D eigenvalue weighted by Crippen LogP contribution is -2.48. The zero-order valence-corrected chi connectivity index (χ0v) is 18.8. The Labute approximate surface area is 187 Å². The number of amides is 1. The van der Waals surface area contributed by atoms with Crippen LogP contribution < -0.4 is 4.90 Å². The third kappa shape index (κ3) is 3.53. The minimum Gasteiger partial charge on any atom is -0.368 e. The van der Waals surface area contributed by atoms with Gasteiger partial charge in [-0.2, -0.15) is 0 Å². The number of pyridine rings is 2. The molecule has 1 aliphatic heterocycles. The quantitative estimate of drug-likeness (QED) is 0.492. The van der Waals surface area contributed by atoms with Crippen molar-refractivity contribution in [3.05, 3.63) is 72.6 Å². The van der Waals surface area contributed by atoms with Gasteiger partial charge in [0, 0.05) is 62.7 Å². The van der Waals surface area contributed by atoms with Gasteiger partial charge < -0.3 is 18.8 Å². The number of carbonyl (C=O) groups is 1. The lowest BCUT2D eigenvalue weighted by atomic mass is 10.2. The highest BCUT2D eigenvalue weighted by Gasteiger charge is 2.26. The van der Waals surface area contributed by atoms with E-state index in [-0.39, 0.29) is 5.91 Å². The Morgan fingerprint density at radius 3 is 2.47 bits per heavy atom. The van der Waals surface area contributed by atoms with Gasteiger partial charge in [-0.25, -0.2) is 4.98 Å². The Hall–Kier alpha value is -3.61. The molecule has 1 fully saturated rings. The van der Waals surface area contributed by atoms with Crippen molar-refractivity contribution in [2.75, 3.05) is 31.1 Å². The van der Waals surface area contributed by atoms with Crippen LogP contribution in [0.3, 0.4) is 0 Å². The third-order valence-electron chi connectivity index (χ3n) is 6.24. The number of piperazine rings is 1. The van der Waals surface area contributed by atoms with E-state index in [0.29, 0.717) is 19.1 Å². The van der Waals surface area contributed by atoms with Crippen molar-refractivity contribution in [3.8, 4) is 11.4 Å². The molecule has 5 rings (SSSR count). The van der Waals surface area contributed by atoms with Crippen LogP contribution >= 0.6 is 0 Å². The average Bonchev–Trinajstić information content (AvgIpc) is 3.40. The highest BCUT2D eigenvalue weighted by molar-refractivity contribution is 6.02. The Morgan fingerprint density at radius 1 is 1.03 bits per heavy atom. The van der Waals surface area contributed by atoms with Gasteiger partial charge in [0.2, 0.25) is 0 Å².